The number of hydrogen-bond acceptors (Lipinski definition) is 3. The molecule has 1 amide bonds. The van der Waals surface area contributed by atoms with E-state index in [2.05, 4.69) is 24.4 Å². The minimum absolute atomic E-state index is 0.0129. The van der Waals surface area contributed by atoms with Crippen molar-refractivity contribution in [3.8, 4) is 5.75 Å². The molecule has 0 spiro atoms. The lowest BCUT2D eigenvalue weighted by Gasteiger charge is -2.09. The summed E-state index contributed by atoms with van der Waals surface area (Å²) in [6.45, 7) is 3.13. The van der Waals surface area contributed by atoms with Crippen molar-refractivity contribution in [1.82, 2.24) is 5.32 Å². The molecule has 0 fully saturated rings. The fourth-order valence-corrected chi connectivity index (χ4v) is 3.46. The molecule has 0 aliphatic heterocycles. The number of aryl methyl sites for hydroxylation is 1. The van der Waals surface area contributed by atoms with E-state index in [0.29, 0.717) is 18.9 Å². The molecule has 0 unspecified atom stereocenters. The first kappa shape index (κ1) is 19.7. The lowest BCUT2D eigenvalue weighted by Crippen LogP contribution is -2.29. The van der Waals surface area contributed by atoms with Crippen LogP contribution in [0, 0.1) is 0 Å². The fraction of sp³-hybridized carbons (Fsp3) is 0.350. The van der Waals surface area contributed by atoms with Crippen molar-refractivity contribution in [3.05, 3.63) is 64.7 Å². The van der Waals surface area contributed by atoms with E-state index in [4.69, 9.17) is 16.3 Å². The number of thioether (sulfide) groups is 1. The molecule has 0 saturated carbocycles. The summed E-state index contributed by atoms with van der Waals surface area (Å²) in [6, 6.07) is 15.8. The first-order valence-corrected chi connectivity index (χ1v) is 10.0. The van der Waals surface area contributed by atoms with Gasteiger partial charge in [-0.15, -0.1) is 11.8 Å². The van der Waals surface area contributed by atoms with Crippen LogP contribution in [0.4, 0.5) is 0 Å². The van der Waals surface area contributed by atoms with Crippen molar-refractivity contribution in [1.29, 1.82) is 0 Å². The Balaban J connectivity index is 1.58. The summed E-state index contributed by atoms with van der Waals surface area (Å²) in [5.41, 5.74) is 2.37. The summed E-state index contributed by atoms with van der Waals surface area (Å²) in [5, 5.41) is 3.61. The number of carbonyl (C=O) groups excluding carboxylic acids is 1. The van der Waals surface area contributed by atoms with Gasteiger partial charge in [-0.2, -0.15) is 0 Å². The van der Waals surface area contributed by atoms with E-state index in [1.54, 1.807) is 11.8 Å². The highest BCUT2D eigenvalue weighted by molar-refractivity contribution is 7.99. The molecule has 0 bridgehead atoms. The third-order valence-electron chi connectivity index (χ3n) is 3.60. The van der Waals surface area contributed by atoms with Gasteiger partial charge in [-0.3, -0.25) is 4.79 Å². The van der Waals surface area contributed by atoms with Gasteiger partial charge in [0, 0.05) is 10.8 Å². The van der Waals surface area contributed by atoms with Gasteiger partial charge >= 0.3 is 0 Å². The van der Waals surface area contributed by atoms with Crippen molar-refractivity contribution in [3.63, 3.8) is 0 Å². The van der Waals surface area contributed by atoms with E-state index in [-0.39, 0.29) is 5.91 Å². The van der Waals surface area contributed by atoms with Gasteiger partial charge in [0.1, 0.15) is 12.4 Å². The largest absolute Gasteiger partial charge is 0.492 e. The molecule has 1 N–H and O–H groups in total. The molecule has 2 rings (SSSR count). The zero-order valence-electron chi connectivity index (χ0n) is 14.5. The molecular weight excluding hydrogens is 354 g/mol. The van der Waals surface area contributed by atoms with Crippen LogP contribution in [0.3, 0.4) is 0 Å². The Labute approximate surface area is 159 Å². The molecule has 0 aliphatic rings. The number of nitrogens with one attached hydrogen (secondary N) is 1. The zero-order valence-corrected chi connectivity index (χ0v) is 16.0. The summed E-state index contributed by atoms with van der Waals surface area (Å²) in [5.74, 6) is 1.99. The van der Waals surface area contributed by atoms with E-state index in [1.165, 1.54) is 5.56 Å². The Morgan fingerprint density at radius 3 is 2.64 bits per heavy atom. The van der Waals surface area contributed by atoms with Gasteiger partial charge in [0.15, 0.2) is 0 Å². The SMILES string of the molecule is CCCc1ccc(OCCNC(=O)CSCc2ccccc2Cl)cc1. The van der Waals surface area contributed by atoms with Crippen molar-refractivity contribution >= 4 is 29.3 Å². The van der Waals surface area contributed by atoms with Crippen LogP contribution in [0.2, 0.25) is 5.02 Å². The molecule has 2 aromatic carbocycles. The molecule has 3 nitrogen and oxygen atoms in total. The Kier molecular flexibility index (Phi) is 8.70. The molecule has 0 atom stereocenters. The molecule has 2 aromatic rings. The average Bonchev–Trinajstić information content (AvgIpc) is 2.62. The van der Waals surface area contributed by atoms with Crippen LogP contribution in [0.1, 0.15) is 24.5 Å². The smallest absolute Gasteiger partial charge is 0.230 e. The second-order valence-electron chi connectivity index (χ2n) is 5.68. The predicted octanol–water partition coefficient (Wildman–Crippen LogP) is 4.72. The van der Waals surface area contributed by atoms with E-state index in [0.717, 1.165) is 34.9 Å². The monoisotopic (exact) mass is 377 g/mol. The minimum atomic E-state index is 0.0129. The first-order valence-electron chi connectivity index (χ1n) is 8.48. The summed E-state index contributed by atoms with van der Waals surface area (Å²) in [4.78, 5) is 11.8. The first-order chi connectivity index (χ1) is 12.2. The Bertz CT molecular complexity index is 661. The van der Waals surface area contributed by atoms with Crippen LogP contribution in [-0.4, -0.2) is 24.8 Å². The van der Waals surface area contributed by atoms with Crippen LogP contribution in [0.25, 0.3) is 0 Å². The second-order valence-corrected chi connectivity index (χ2v) is 7.07. The number of ether oxygens (including phenoxy) is 1. The normalized spacial score (nSPS) is 10.5. The standard InChI is InChI=1S/C20H24ClNO2S/c1-2-5-16-8-10-18(11-9-16)24-13-12-22-20(23)15-25-14-17-6-3-4-7-19(17)21/h3-4,6-11H,2,5,12-15H2,1H3,(H,22,23). The molecule has 25 heavy (non-hydrogen) atoms. The average molecular weight is 378 g/mol. The maximum Gasteiger partial charge on any atom is 0.230 e. The van der Waals surface area contributed by atoms with Crippen LogP contribution in [0.15, 0.2) is 48.5 Å². The van der Waals surface area contributed by atoms with Gasteiger partial charge in [-0.25, -0.2) is 0 Å². The lowest BCUT2D eigenvalue weighted by molar-refractivity contribution is -0.118. The Morgan fingerprint density at radius 2 is 1.92 bits per heavy atom. The second kappa shape index (κ2) is 11.1. The molecule has 0 saturated heterocycles. The van der Waals surface area contributed by atoms with Gasteiger partial charge < -0.3 is 10.1 Å². The van der Waals surface area contributed by atoms with E-state index < -0.39 is 0 Å². The Hall–Kier alpha value is -1.65. The molecule has 5 heteroatoms. The molecule has 0 aromatic heterocycles. The third-order valence-corrected chi connectivity index (χ3v) is 4.95. The van der Waals surface area contributed by atoms with Crippen molar-refractivity contribution < 1.29 is 9.53 Å². The van der Waals surface area contributed by atoms with Crippen molar-refractivity contribution in [2.24, 2.45) is 0 Å². The molecular formula is C20H24ClNO2S. The molecule has 0 heterocycles. The summed E-state index contributed by atoms with van der Waals surface area (Å²) in [7, 11) is 0. The number of halogens is 1. The van der Waals surface area contributed by atoms with Crippen molar-refractivity contribution in [2.45, 2.75) is 25.5 Å². The van der Waals surface area contributed by atoms with Crippen LogP contribution in [0.5, 0.6) is 5.75 Å². The fourth-order valence-electron chi connectivity index (χ4n) is 2.32. The highest BCUT2D eigenvalue weighted by atomic mass is 35.5. The summed E-state index contributed by atoms with van der Waals surface area (Å²) in [6.07, 6.45) is 2.23. The van der Waals surface area contributed by atoms with E-state index in [1.807, 2.05) is 36.4 Å². The topological polar surface area (TPSA) is 38.3 Å². The molecule has 0 aliphatic carbocycles. The maximum absolute atomic E-state index is 11.8. The highest BCUT2D eigenvalue weighted by Gasteiger charge is 2.04. The van der Waals surface area contributed by atoms with Crippen LogP contribution < -0.4 is 10.1 Å². The predicted molar refractivity (Wildman–Crippen MR) is 107 cm³/mol. The van der Waals surface area contributed by atoms with Gasteiger partial charge in [-0.05, 0) is 35.7 Å². The minimum Gasteiger partial charge on any atom is -0.492 e. The summed E-state index contributed by atoms with van der Waals surface area (Å²) >= 11 is 7.65. The zero-order chi connectivity index (χ0) is 17.9. The lowest BCUT2D eigenvalue weighted by atomic mass is 10.1. The van der Waals surface area contributed by atoms with Gasteiger partial charge in [0.2, 0.25) is 5.91 Å². The Morgan fingerprint density at radius 1 is 1.16 bits per heavy atom. The number of hydrogen-bond donors (Lipinski definition) is 1. The highest BCUT2D eigenvalue weighted by Crippen LogP contribution is 2.20. The molecule has 0 radical (unpaired) electrons. The molecule has 134 valence electrons. The van der Waals surface area contributed by atoms with Gasteiger partial charge in [-0.1, -0.05) is 55.3 Å². The number of rotatable bonds is 10. The van der Waals surface area contributed by atoms with Crippen LogP contribution >= 0.6 is 23.4 Å². The summed E-state index contributed by atoms with van der Waals surface area (Å²) < 4.78 is 5.64. The van der Waals surface area contributed by atoms with Gasteiger partial charge in [0.25, 0.3) is 0 Å². The number of carbonyl (C=O) groups is 1. The van der Waals surface area contributed by atoms with Crippen molar-refractivity contribution in [2.75, 3.05) is 18.9 Å². The number of benzene rings is 2. The van der Waals surface area contributed by atoms with E-state index >= 15 is 0 Å². The third kappa shape index (κ3) is 7.41. The van der Waals surface area contributed by atoms with Gasteiger partial charge in [0.05, 0.1) is 12.3 Å². The van der Waals surface area contributed by atoms with Crippen LogP contribution in [-0.2, 0) is 17.0 Å². The maximum atomic E-state index is 11.8. The quantitative estimate of drug-likeness (QED) is 0.609. The number of amides is 1. The van der Waals surface area contributed by atoms with E-state index in [9.17, 15) is 4.79 Å².